The predicted octanol–water partition coefficient (Wildman–Crippen LogP) is 4.95. The average Bonchev–Trinajstić information content (AvgIpc) is 2.70. The maximum Gasteiger partial charge on any atom is 0.468 e. The van der Waals surface area contributed by atoms with Gasteiger partial charge in [0, 0.05) is 12.8 Å². The maximum atomic E-state index is 14.4. The number of hydrogen-bond acceptors (Lipinski definition) is 7. The zero-order valence-electron chi connectivity index (χ0n) is 19.2. The van der Waals surface area contributed by atoms with Crippen LogP contribution in [0.3, 0.4) is 0 Å². The lowest BCUT2D eigenvalue weighted by Gasteiger charge is -2.39. The molecule has 0 amide bonds. The third-order valence-corrected chi connectivity index (χ3v) is 8.88. The quantitative estimate of drug-likeness (QED) is 0.0822. The molecule has 0 aromatic carbocycles. The Morgan fingerprint density at radius 1 is 1.03 bits per heavy atom. The van der Waals surface area contributed by atoms with Crippen molar-refractivity contribution in [1.29, 1.82) is 0 Å². The van der Waals surface area contributed by atoms with Gasteiger partial charge in [0.15, 0.2) is 0 Å². The molecule has 0 aromatic heterocycles. The highest BCUT2D eigenvalue weighted by molar-refractivity contribution is 14.1. The van der Waals surface area contributed by atoms with Crippen LogP contribution in [0.4, 0.5) is 26.3 Å². The van der Waals surface area contributed by atoms with Crippen molar-refractivity contribution in [1.82, 2.24) is 0 Å². The molecule has 2 bridgehead atoms. The fourth-order valence-corrected chi connectivity index (χ4v) is 6.28. The van der Waals surface area contributed by atoms with Crippen LogP contribution in [0.1, 0.15) is 58.3 Å². The summed E-state index contributed by atoms with van der Waals surface area (Å²) in [5.41, 5.74) is 0. The van der Waals surface area contributed by atoms with E-state index in [-0.39, 0.29) is 28.5 Å². The van der Waals surface area contributed by atoms with E-state index >= 15 is 0 Å². The zero-order chi connectivity index (χ0) is 27.6. The number of carbonyl (C=O) groups is 2. The summed E-state index contributed by atoms with van der Waals surface area (Å²) in [5.74, 6) is -7.70. The first-order valence-electron chi connectivity index (χ1n) is 11.2. The number of fused-ring (bicyclic) bond motifs is 2. The van der Waals surface area contributed by atoms with E-state index in [2.05, 4.69) is 14.2 Å². The van der Waals surface area contributed by atoms with E-state index in [9.17, 15) is 44.3 Å². The van der Waals surface area contributed by atoms with Crippen LogP contribution < -0.4 is 0 Å². The van der Waals surface area contributed by atoms with Gasteiger partial charge in [-0.2, -0.15) is 30.4 Å². The third-order valence-electron chi connectivity index (χ3n) is 6.33. The molecule has 4 unspecified atom stereocenters. The molecular formula is C20H27F6IO8S. The van der Waals surface area contributed by atoms with Gasteiger partial charge in [-0.1, -0.05) is 19.3 Å². The lowest BCUT2D eigenvalue weighted by Crippen LogP contribution is -2.59. The molecule has 1 N–H and O–H groups in total. The van der Waals surface area contributed by atoms with E-state index in [1.807, 2.05) is 0 Å². The molecule has 2 saturated carbocycles. The number of hydrogen-bond donors (Lipinski definition) is 1. The molecule has 8 nitrogen and oxygen atoms in total. The highest BCUT2D eigenvalue weighted by Gasteiger charge is 2.69. The van der Waals surface area contributed by atoms with E-state index in [0.29, 0.717) is 24.7 Å². The Bertz CT molecular complexity index is 900. The van der Waals surface area contributed by atoms with Crippen LogP contribution in [0.2, 0.25) is 0 Å². The van der Waals surface area contributed by atoms with Gasteiger partial charge in [0.05, 0.1) is 13.2 Å². The second kappa shape index (κ2) is 11.5. The first-order valence-corrected chi connectivity index (χ1v) is 13.7. The Labute approximate surface area is 217 Å². The molecule has 0 saturated heterocycles. The normalized spacial score (nSPS) is 26.4. The van der Waals surface area contributed by atoms with Gasteiger partial charge in [-0.25, -0.2) is 9.18 Å². The fraction of sp³-hybridized carbons (Fsp3) is 0.900. The standard InChI is InChI=1S/C20H27F6IO8S/c1-2-33-16(29)18(19(22,23)24,34-7-6-17(21,27)20(25,26)36(30,31)32)35-15(28)11-14-9-12-4-3-5-13(8-12)10-14/h12-14H,2-11H2,1H3,(H,30,31,32). The van der Waals surface area contributed by atoms with Gasteiger partial charge in [0.25, 0.3) is 0 Å². The molecular weight excluding hydrogens is 641 g/mol. The minimum atomic E-state index is -6.29. The first-order chi connectivity index (χ1) is 16.4. The van der Waals surface area contributed by atoms with Crippen molar-refractivity contribution in [3.05, 3.63) is 0 Å². The minimum absolute atomic E-state index is 0.284. The summed E-state index contributed by atoms with van der Waals surface area (Å²) < 4.78 is 123. The molecule has 2 rings (SSSR count). The van der Waals surface area contributed by atoms with Crippen LogP contribution in [0.5, 0.6) is 0 Å². The number of rotatable bonds is 11. The third kappa shape index (κ3) is 6.95. The number of halogens is 7. The van der Waals surface area contributed by atoms with Gasteiger partial charge in [-0.15, -0.1) is 0 Å². The molecule has 0 aromatic rings. The Kier molecular flexibility index (Phi) is 9.99. The first kappa shape index (κ1) is 31.3. The monoisotopic (exact) mass is 668 g/mol. The summed E-state index contributed by atoms with van der Waals surface area (Å²) >= 11 is 0.284. The molecule has 0 spiro atoms. The van der Waals surface area contributed by atoms with Crippen LogP contribution in [-0.2, 0) is 33.9 Å². The molecule has 4 atom stereocenters. The SMILES string of the molecule is CCOC(=O)C(OCCC(F)(I)C(F)(F)S(=O)(=O)O)(OC(=O)CC1CC2CCCC(C2)C1)C(F)(F)F. The molecule has 0 aliphatic heterocycles. The van der Waals surface area contributed by atoms with E-state index in [4.69, 9.17) is 4.55 Å². The van der Waals surface area contributed by atoms with Gasteiger partial charge in [0.1, 0.15) is 0 Å². The molecule has 210 valence electrons. The van der Waals surface area contributed by atoms with Gasteiger partial charge in [0.2, 0.25) is 3.68 Å². The molecule has 16 heteroatoms. The van der Waals surface area contributed by atoms with Crippen molar-refractivity contribution in [2.45, 2.75) is 79.2 Å². The topological polar surface area (TPSA) is 116 Å². The molecule has 2 aliphatic carbocycles. The average molecular weight is 668 g/mol. The van der Waals surface area contributed by atoms with Crippen LogP contribution in [-0.4, -0.2) is 59.0 Å². The summed E-state index contributed by atoms with van der Waals surface area (Å²) in [7, 11) is -6.29. The lowest BCUT2D eigenvalue weighted by atomic mass is 9.67. The van der Waals surface area contributed by atoms with Crippen LogP contribution in [0.25, 0.3) is 0 Å². The fourth-order valence-electron chi connectivity index (χ4n) is 4.74. The molecule has 0 heterocycles. The van der Waals surface area contributed by atoms with Crippen molar-refractivity contribution in [2.75, 3.05) is 13.2 Å². The largest absolute Gasteiger partial charge is 0.468 e. The summed E-state index contributed by atoms with van der Waals surface area (Å²) in [6, 6.07) is 0. The minimum Gasteiger partial charge on any atom is -0.461 e. The van der Waals surface area contributed by atoms with E-state index < -0.39 is 69.0 Å². The Balaban J connectivity index is 2.22. The Hall–Kier alpha value is -0.880. The zero-order valence-corrected chi connectivity index (χ0v) is 22.1. The van der Waals surface area contributed by atoms with Crippen molar-refractivity contribution in [2.24, 2.45) is 17.8 Å². The highest BCUT2D eigenvalue weighted by Crippen LogP contribution is 2.46. The Morgan fingerprint density at radius 2 is 1.58 bits per heavy atom. The van der Waals surface area contributed by atoms with Crippen LogP contribution >= 0.6 is 22.6 Å². The Morgan fingerprint density at radius 3 is 2.06 bits per heavy atom. The van der Waals surface area contributed by atoms with E-state index in [1.54, 1.807) is 0 Å². The van der Waals surface area contributed by atoms with Crippen LogP contribution in [0.15, 0.2) is 0 Å². The van der Waals surface area contributed by atoms with E-state index in [1.165, 1.54) is 0 Å². The van der Waals surface area contributed by atoms with Gasteiger partial charge in [-0.05, 0) is 66.5 Å². The number of esters is 2. The summed E-state index contributed by atoms with van der Waals surface area (Å²) in [4.78, 5) is 24.8. The van der Waals surface area contributed by atoms with Crippen LogP contribution in [0, 0.1) is 17.8 Å². The maximum absolute atomic E-state index is 14.4. The van der Waals surface area contributed by atoms with Gasteiger partial charge < -0.3 is 14.2 Å². The number of carbonyl (C=O) groups excluding carboxylic acids is 2. The second-order valence-corrected chi connectivity index (χ2v) is 12.2. The second-order valence-electron chi connectivity index (χ2n) is 9.04. The van der Waals surface area contributed by atoms with Crippen molar-refractivity contribution in [3.8, 4) is 0 Å². The summed E-state index contributed by atoms with van der Waals surface area (Å²) in [6.07, 6.45) is -2.92. The summed E-state index contributed by atoms with van der Waals surface area (Å²) in [6.45, 7) is -1.13. The lowest BCUT2D eigenvalue weighted by molar-refractivity contribution is -0.356. The number of alkyl halides is 7. The van der Waals surface area contributed by atoms with E-state index in [0.717, 1.165) is 32.6 Å². The molecule has 2 fully saturated rings. The van der Waals surface area contributed by atoms with Crippen molar-refractivity contribution < 1.29 is 63.1 Å². The smallest absolute Gasteiger partial charge is 0.461 e. The molecule has 36 heavy (non-hydrogen) atoms. The highest BCUT2D eigenvalue weighted by atomic mass is 127. The van der Waals surface area contributed by atoms with Gasteiger partial charge in [-0.3, -0.25) is 9.35 Å². The number of ether oxygens (including phenoxy) is 3. The summed E-state index contributed by atoms with van der Waals surface area (Å²) in [5, 5.41) is -5.43. The van der Waals surface area contributed by atoms with Crippen molar-refractivity contribution >= 4 is 44.6 Å². The predicted molar refractivity (Wildman–Crippen MR) is 119 cm³/mol. The molecule has 2 aliphatic rings. The van der Waals surface area contributed by atoms with Gasteiger partial charge >= 0.3 is 39.3 Å². The van der Waals surface area contributed by atoms with Crippen molar-refractivity contribution in [3.63, 3.8) is 0 Å². The molecule has 0 radical (unpaired) electrons.